The van der Waals surface area contributed by atoms with Gasteiger partial charge in [0.05, 0.1) is 11.3 Å². The van der Waals surface area contributed by atoms with Crippen molar-refractivity contribution in [2.24, 2.45) is 0 Å². The maximum Gasteiger partial charge on any atom is 0.241 e. The minimum Gasteiger partial charge on any atom is -0.548 e. The maximum atomic E-state index is 6.46. The van der Waals surface area contributed by atoms with Gasteiger partial charge in [-0.3, -0.25) is 0 Å². The molecule has 30 heavy (non-hydrogen) atoms. The van der Waals surface area contributed by atoms with E-state index in [1.165, 1.54) is 5.56 Å². The highest BCUT2D eigenvalue weighted by atomic mass is 28.4. The third-order valence-corrected chi connectivity index (χ3v) is 5.94. The number of rotatable bonds is 11. The Balaban J connectivity index is 1.93. The first-order valence-corrected chi connectivity index (χ1v) is 14.1. The minimum atomic E-state index is -1.69. The molecule has 3 rings (SSSR count). The molecule has 5 nitrogen and oxygen atoms in total. The Morgan fingerprint density at radius 3 is 2.43 bits per heavy atom. The molecule has 0 fully saturated rings. The predicted octanol–water partition coefficient (Wildman–Crippen LogP) is 5.90. The van der Waals surface area contributed by atoms with Crippen molar-refractivity contribution < 1.29 is 9.16 Å². The number of ether oxygens (including phenoxy) is 1. The monoisotopic (exact) mass is 423 g/mol. The fourth-order valence-corrected chi connectivity index (χ4v) is 4.75. The topological polar surface area (TPSA) is 49.2 Å². The van der Waals surface area contributed by atoms with Gasteiger partial charge in [-0.15, -0.1) is 5.10 Å². The zero-order chi connectivity index (χ0) is 21.6. The van der Waals surface area contributed by atoms with Gasteiger partial charge in [0.15, 0.2) is 5.72 Å². The van der Waals surface area contributed by atoms with E-state index in [0.717, 1.165) is 36.1 Å². The van der Waals surface area contributed by atoms with Crippen molar-refractivity contribution in [3.63, 3.8) is 0 Å². The van der Waals surface area contributed by atoms with Gasteiger partial charge in [-0.2, -0.15) is 0 Å². The molecule has 0 spiro atoms. The molecule has 0 amide bonds. The van der Waals surface area contributed by atoms with Crippen molar-refractivity contribution in [3.05, 3.63) is 72.5 Å². The third-order valence-electron chi connectivity index (χ3n) is 5.04. The summed E-state index contributed by atoms with van der Waals surface area (Å²) in [4.78, 5) is 0. The van der Waals surface area contributed by atoms with Gasteiger partial charge >= 0.3 is 0 Å². The highest BCUT2D eigenvalue weighted by molar-refractivity contribution is 6.70. The number of hydrogen-bond donors (Lipinski definition) is 0. The fourth-order valence-electron chi connectivity index (χ4n) is 3.78. The lowest BCUT2D eigenvalue weighted by Crippen LogP contribution is -2.39. The number of para-hydroxylation sites is 1. The summed E-state index contributed by atoms with van der Waals surface area (Å²) in [5.41, 5.74) is 2.52. The van der Waals surface area contributed by atoms with Crippen molar-refractivity contribution in [2.75, 3.05) is 6.61 Å². The summed E-state index contributed by atoms with van der Waals surface area (Å²) in [6.45, 7) is 13.3. The number of allylic oxidation sites excluding steroid dienone is 1. The number of nitrogens with zero attached hydrogens (tertiary/aromatic N) is 3. The van der Waals surface area contributed by atoms with Crippen LogP contribution >= 0.6 is 0 Å². The molecule has 0 N–H and O–H groups in total. The van der Waals surface area contributed by atoms with Crippen molar-refractivity contribution >= 4 is 19.4 Å². The van der Waals surface area contributed by atoms with Crippen LogP contribution in [-0.4, -0.2) is 29.9 Å². The zero-order valence-electron chi connectivity index (χ0n) is 18.6. The smallest absolute Gasteiger partial charge is 0.241 e. The van der Waals surface area contributed by atoms with Gasteiger partial charge in [0, 0.05) is 25.9 Å². The van der Waals surface area contributed by atoms with E-state index in [1.54, 1.807) is 0 Å². The lowest BCUT2D eigenvalue weighted by Gasteiger charge is -2.35. The molecule has 0 aliphatic heterocycles. The number of aryl methyl sites for hydroxylation is 1. The largest absolute Gasteiger partial charge is 0.548 e. The lowest BCUT2D eigenvalue weighted by molar-refractivity contribution is -0.121. The maximum absolute atomic E-state index is 6.46. The van der Waals surface area contributed by atoms with Gasteiger partial charge in [-0.05, 0) is 50.7 Å². The van der Waals surface area contributed by atoms with Crippen LogP contribution in [0.15, 0.2) is 66.9 Å². The molecule has 6 heteroatoms. The van der Waals surface area contributed by atoms with Crippen molar-refractivity contribution in [2.45, 2.75) is 58.0 Å². The first kappa shape index (κ1) is 22.2. The summed E-state index contributed by atoms with van der Waals surface area (Å²) in [5.74, 6) is 0.822. The van der Waals surface area contributed by atoms with Crippen LogP contribution in [0.5, 0.6) is 0 Å². The molecule has 160 valence electrons. The Hall–Kier alpha value is -2.44. The molecule has 1 heterocycles. The van der Waals surface area contributed by atoms with E-state index in [2.05, 4.69) is 66.9 Å². The van der Waals surface area contributed by atoms with Crippen LogP contribution in [0.4, 0.5) is 0 Å². The molecule has 0 saturated heterocycles. The third kappa shape index (κ3) is 5.58. The van der Waals surface area contributed by atoms with E-state index in [-0.39, 0.29) is 0 Å². The Kier molecular flexibility index (Phi) is 7.10. The summed E-state index contributed by atoms with van der Waals surface area (Å²) in [6, 6.07) is 18.5. The molecule has 0 aliphatic rings. The summed E-state index contributed by atoms with van der Waals surface area (Å²) in [7, 11) is -1.69. The van der Waals surface area contributed by atoms with Crippen LogP contribution in [-0.2, 0) is 21.3 Å². The van der Waals surface area contributed by atoms with E-state index < -0.39 is 14.0 Å². The molecule has 1 aromatic heterocycles. The summed E-state index contributed by atoms with van der Waals surface area (Å²) >= 11 is 0. The van der Waals surface area contributed by atoms with Crippen LogP contribution in [0.2, 0.25) is 19.6 Å². The summed E-state index contributed by atoms with van der Waals surface area (Å²) in [6.07, 6.45) is 3.12. The summed E-state index contributed by atoms with van der Waals surface area (Å²) in [5, 5.41) is 8.93. The lowest BCUT2D eigenvalue weighted by atomic mass is 9.97. The molecular formula is C24H33N3O2Si. The van der Waals surface area contributed by atoms with Gasteiger partial charge < -0.3 is 9.16 Å². The highest BCUT2D eigenvalue weighted by Gasteiger charge is 2.35. The van der Waals surface area contributed by atoms with Gasteiger partial charge in [0.2, 0.25) is 8.32 Å². The van der Waals surface area contributed by atoms with Gasteiger partial charge in [-0.1, -0.05) is 54.3 Å². The van der Waals surface area contributed by atoms with E-state index in [1.807, 2.05) is 35.9 Å². The molecule has 0 aliphatic carbocycles. The average molecular weight is 424 g/mol. The molecular weight excluding hydrogens is 390 g/mol. The van der Waals surface area contributed by atoms with E-state index in [0.29, 0.717) is 13.0 Å². The normalized spacial score (nSPS) is 13.9. The van der Waals surface area contributed by atoms with Crippen molar-refractivity contribution in [3.8, 4) is 0 Å². The van der Waals surface area contributed by atoms with Crippen molar-refractivity contribution in [1.82, 2.24) is 15.0 Å². The Labute approximate surface area is 180 Å². The second-order valence-corrected chi connectivity index (χ2v) is 13.0. The molecule has 1 atom stereocenters. The number of fused-ring (bicyclic) bond motifs is 1. The van der Waals surface area contributed by atoms with Gasteiger partial charge in [0.25, 0.3) is 0 Å². The average Bonchev–Trinajstić information content (AvgIpc) is 3.14. The minimum absolute atomic E-state index is 0.588. The molecule has 0 radical (unpaired) electrons. The first-order chi connectivity index (χ1) is 14.3. The Morgan fingerprint density at radius 2 is 1.73 bits per heavy atom. The molecule has 0 saturated carbocycles. The van der Waals surface area contributed by atoms with Crippen LogP contribution in [0.1, 0.15) is 31.7 Å². The standard InChI is InChI=1S/C24H33N3O2Si/c1-6-28-24(18-16-20(2)29-30(3,4)5,19-17-21-12-8-7-9-13-21)27-23-15-11-10-14-22(23)25-26-27/h7-15H,2,6,16-19H2,1,3-5H3. The molecule has 3 aromatic rings. The fraction of sp³-hybridized carbons (Fsp3) is 0.417. The number of aromatic nitrogens is 3. The Morgan fingerprint density at radius 1 is 1.03 bits per heavy atom. The number of hydrogen-bond acceptors (Lipinski definition) is 4. The van der Waals surface area contributed by atoms with Crippen LogP contribution in [0.25, 0.3) is 11.0 Å². The van der Waals surface area contributed by atoms with Gasteiger partial charge in [0.1, 0.15) is 5.52 Å². The molecule has 2 aromatic carbocycles. The Bertz CT molecular complexity index is 965. The van der Waals surface area contributed by atoms with E-state index >= 15 is 0 Å². The van der Waals surface area contributed by atoms with E-state index in [4.69, 9.17) is 9.16 Å². The summed E-state index contributed by atoms with van der Waals surface area (Å²) < 4.78 is 14.6. The van der Waals surface area contributed by atoms with Crippen LogP contribution < -0.4 is 0 Å². The second kappa shape index (κ2) is 9.58. The first-order valence-electron chi connectivity index (χ1n) is 10.7. The van der Waals surface area contributed by atoms with E-state index in [9.17, 15) is 0 Å². The zero-order valence-corrected chi connectivity index (χ0v) is 19.6. The quantitative estimate of drug-likeness (QED) is 0.285. The molecule has 0 bridgehead atoms. The van der Waals surface area contributed by atoms with Crippen LogP contribution in [0.3, 0.4) is 0 Å². The SMILES string of the molecule is C=C(CCC(CCc1ccccc1)(OCC)n1nnc2ccccc21)O[Si](C)(C)C. The number of benzene rings is 2. The van der Waals surface area contributed by atoms with Gasteiger partial charge in [-0.25, -0.2) is 4.68 Å². The molecule has 1 unspecified atom stereocenters. The second-order valence-electron chi connectivity index (χ2n) is 8.61. The van der Waals surface area contributed by atoms with Crippen molar-refractivity contribution in [1.29, 1.82) is 0 Å². The highest BCUT2D eigenvalue weighted by Crippen LogP contribution is 2.34. The predicted molar refractivity (Wildman–Crippen MR) is 125 cm³/mol. The van der Waals surface area contributed by atoms with Crippen LogP contribution in [0, 0.1) is 0 Å².